The molecule has 4 unspecified atom stereocenters. The van der Waals surface area contributed by atoms with Gasteiger partial charge in [0, 0.05) is 91.0 Å². The summed E-state index contributed by atoms with van der Waals surface area (Å²) in [5, 5.41) is 29.3. The van der Waals surface area contributed by atoms with Crippen LogP contribution in [0.15, 0.2) is 103 Å². The van der Waals surface area contributed by atoms with E-state index in [0.29, 0.717) is 75.7 Å². The molecule has 0 radical (unpaired) electrons. The summed E-state index contributed by atoms with van der Waals surface area (Å²) < 4.78 is 36.2. The molecule has 0 spiro atoms. The van der Waals surface area contributed by atoms with E-state index in [2.05, 4.69) is 59.1 Å². The maximum absolute atomic E-state index is 12.4. The molecule has 70 heavy (non-hydrogen) atoms. The zero-order valence-electron chi connectivity index (χ0n) is 39.2. The maximum Gasteiger partial charge on any atom is 0.323 e. The molecule has 0 amide bonds. The Kier molecular flexibility index (Phi) is 15.9. The Morgan fingerprint density at radius 3 is 1.71 bits per heavy atom. The van der Waals surface area contributed by atoms with Gasteiger partial charge in [0.1, 0.15) is 79.8 Å². The van der Waals surface area contributed by atoms with Crippen LogP contribution >= 0.6 is 23.2 Å². The van der Waals surface area contributed by atoms with E-state index >= 15 is 0 Å². The van der Waals surface area contributed by atoms with E-state index in [0.717, 1.165) is 50.1 Å². The Morgan fingerprint density at radius 2 is 1.21 bits per heavy atom. The first-order valence-electron chi connectivity index (χ1n) is 22.9. The first kappa shape index (κ1) is 49.4. The lowest BCUT2D eigenvalue weighted by atomic mass is 9.92. The van der Waals surface area contributed by atoms with Crippen molar-refractivity contribution < 1.29 is 38.0 Å². The summed E-state index contributed by atoms with van der Waals surface area (Å²) in [6.45, 7) is 9.63. The minimum atomic E-state index is -0.456. The van der Waals surface area contributed by atoms with E-state index in [1.807, 2.05) is 44.3 Å². The molecule has 0 aliphatic carbocycles. The van der Waals surface area contributed by atoms with Gasteiger partial charge in [0.25, 0.3) is 0 Å². The summed E-state index contributed by atoms with van der Waals surface area (Å²) >= 11 is 13.8. The first-order chi connectivity index (χ1) is 33.8. The van der Waals surface area contributed by atoms with Crippen molar-refractivity contribution in [1.82, 2.24) is 20.9 Å². The van der Waals surface area contributed by atoms with Crippen LogP contribution in [-0.4, -0.2) is 54.4 Å². The van der Waals surface area contributed by atoms with E-state index < -0.39 is 12.1 Å². The second kappa shape index (κ2) is 22.6. The molecule has 4 heterocycles. The average Bonchev–Trinajstić information content (AvgIpc) is 3.87. The summed E-state index contributed by atoms with van der Waals surface area (Å²) in [4.78, 5) is 29.0. The minimum absolute atomic E-state index is 0.136. The van der Waals surface area contributed by atoms with Gasteiger partial charge in [-0.25, -0.2) is 0 Å². The van der Waals surface area contributed by atoms with Crippen molar-refractivity contribution in [1.29, 1.82) is 10.5 Å². The number of carbonyl (C=O) groups is 2. The number of pyridine rings is 1. The fourth-order valence-corrected chi connectivity index (χ4v) is 9.00. The monoisotopic (exact) mass is 982 g/mol. The van der Waals surface area contributed by atoms with Crippen molar-refractivity contribution in [3.63, 3.8) is 0 Å². The van der Waals surface area contributed by atoms with Crippen molar-refractivity contribution >= 4 is 35.1 Å². The fourth-order valence-electron chi connectivity index (χ4n) is 8.52. The number of hydrogen-bond acceptors (Lipinski definition) is 14. The number of aromatic nitrogens is 1. The van der Waals surface area contributed by atoms with Gasteiger partial charge in [0.05, 0.1) is 21.7 Å². The predicted octanol–water partition coefficient (Wildman–Crippen LogP) is 9.18. The van der Waals surface area contributed by atoms with E-state index in [1.165, 1.54) is 6.20 Å². The second-order valence-electron chi connectivity index (χ2n) is 17.5. The van der Waals surface area contributed by atoms with Gasteiger partial charge in [-0.2, -0.15) is 10.5 Å². The number of hydrogen-bond donors (Lipinski definition) is 3. The summed E-state index contributed by atoms with van der Waals surface area (Å²) in [6, 6.07) is 24.4. The van der Waals surface area contributed by atoms with E-state index in [4.69, 9.17) is 51.6 Å². The molecule has 8 rings (SSSR count). The Balaban J connectivity index is 0.979. The minimum Gasteiger partial charge on any atom is -0.488 e. The SMILES string of the molecule is Cc1c(COc2cc(OCC3=CNCC(C#N)=C3)c(CNC3CC(C)OC3=O)cc2Cl)cccc1-c1cccc(COc2cc(OCc3cncc(C#N)c3)c(CNC3CC(C)OC3=O)cc2Cl)c1C. The molecule has 14 nitrogen and oxygen atoms in total. The Bertz CT molecular complexity index is 2950. The lowest BCUT2D eigenvalue weighted by Crippen LogP contribution is -2.32. The lowest BCUT2D eigenvalue weighted by Gasteiger charge is -2.19. The number of carbonyl (C=O) groups excluding carboxylic acids is 2. The molecule has 3 aliphatic rings. The van der Waals surface area contributed by atoms with Crippen LogP contribution in [0.4, 0.5) is 0 Å². The number of ether oxygens (including phenoxy) is 6. The van der Waals surface area contributed by atoms with E-state index in [1.54, 1.807) is 42.6 Å². The molecular formula is C54H52Cl2N6O8. The van der Waals surface area contributed by atoms with Crippen LogP contribution in [0.5, 0.6) is 23.0 Å². The van der Waals surface area contributed by atoms with Crippen LogP contribution in [0.3, 0.4) is 0 Å². The average molecular weight is 984 g/mol. The normalized spacial score (nSPS) is 18.4. The van der Waals surface area contributed by atoms with Crippen molar-refractivity contribution in [3.05, 3.63) is 157 Å². The molecule has 4 aromatic carbocycles. The zero-order valence-corrected chi connectivity index (χ0v) is 40.7. The highest BCUT2D eigenvalue weighted by atomic mass is 35.5. The van der Waals surface area contributed by atoms with E-state index in [-0.39, 0.29) is 57.1 Å². The van der Waals surface area contributed by atoms with Gasteiger partial charge in [-0.3, -0.25) is 14.6 Å². The van der Waals surface area contributed by atoms with Crippen LogP contribution in [0.2, 0.25) is 10.0 Å². The molecule has 1 aromatic heterocycles. The van der Waals surface area contributed by atoms with Crippen LogP contribution < -0.4 is 34.9 Å². The maximum atomic E-state index is 12.4. The third-order valence-corrected chi connectivity index (χ3v) is 13.0. The van der Waals surface area contributed by atoms with Gasteiger partial charge in [-0.1, -0.05) is 59.6 Å². The van der Waals surface area contributed by atoms with Crippen molar-refractivity contribution in [3.8, 4) is 46.3 Å². The highest BCUT2D eigenvalue weighted by molar-refractivity contribution is 6.32. The summed E-state index contributed by atoms with van der Waals surface area (Å²) in [7, 11) is 0. The number of dihydropyridines is 1. The molecule has 360 valence electrons. The Labute approximate surface area is 417 Å². The molecule has 0 bridgehead atoms. The molecule has 2 saturated heterocycles. The van der Waals surface area contributed by atoms with Crippen molar-refractivity contribution in [2.45, 2.75) is 97.7 Å². The van der Waals surface area contributed by atoms with Gasteiger partial charge in [0.15, 0.2) is 0 Å². The highest BCUT2D eigenvalue weighted by Crippen LogP contribution is 2.38. The number of nitrogens with one attached hydrogen (secondary N) is 3. The van der Waals surface area contributed by atoms with Gasteiger partial charge in [-0.05, 0) is 85.4 Å². The molecule has 2 fully saturated rings. The molecular weight excluding hydrogens is 932 g/mol. The van der Waals surface area contributed by atoms with Crippen LogP contribution in [0, 0.1) is 36.5 Å². The standard InChI is InChI=1S/C54H52Cl2N6O8/c1-31-11-47(53(63)69-31)61-25-41-15-45(55)51(17-49(41)65-27-37-13-35(19-57)21-59-23-37)67-29-39-7-5-9-43(33(39)3)44-10-6-8-40(34(44)4)30-68-52-18-50(66-28-38-14-36(20-58)22-60-24-38)42(16-46(52)56)26-62-48-12-32(2)70-54(48)64/h5-10,13-18,21,23-24,31-32,47-48,60-62H,11-12,22,25-30H2,1-4H3. The molecule has 16 heteroatoms. The topological polar surface area (TPSA) is 186 Å². The molecule has 0 saturated carbocycles. The highest BCUT2D eigenvalue weighted by Gasteiger charge is 2.33. The summed E-state index contributed by atoms with van der Waals surface area (Å²) in [5.74, 6) is 1.26. The third-order valence-electron chi connectivity index (χ3n) is 12.4. The number of halogens is 2. The quantitative estimate of drug-likeness (QED) is 0.0665. The lowest BCUT2D eigenvalue weighted by molar-refractivity contribution is -0.143. The Morgan fingerprint density at radius 1 is 0.686 bits per heavy atom. The second-order valence-corrected chi connectivity index (χ2v) is 18.3. The number of nitrogens with zero attached hydrogens (tertiary/aromatic N) is 3. The summed E-state index contributed by atoms with van der Waals surface area (Å²) in [5.41, 5.74) is 9.98. The van der Waals surface area contributed by atoms with E-state index in [9.17, 15) is 20.1 Å². The number of rotatable bonds is 19. The van der Waals surface area contributed by atoms with Gasteiger partial charge in [0.2, 0.25) is 0 Å². The molecule has 3 N–H and O–H groups in total. The van der Waals surface area contributed by atoms with Crippen molar-refractivity contribution in [2.24, 2.45) is 0 Å². The van der Waals surface area contributed by atoms with Crippen LogP contribution in [-0.2, 0) is 52.0 Å². The third kappa shape index (κ3) is 12.0. The largest absolute Gasteiger partial charge is 0.488 e. The van der Waals surface area contributed by atoms with Crippen LogP contribution in [0.1, 0.15) is 71.2 Å². The molecule has 4 atom stereocenters. The fraction of sp³-hybridized carbons (Fsp3) is 0.315. The molecule has 3 aliphatic heterocycles. The number of benzene rings is 4. The van der Waals surface area contributed by atoms with Crippen molar-refractivity contribution in [2.75, 3.05) is 13.2 Å². The number of esters is 2. The predicted molar refractivity (Wildman–Crippen MR) is 263 cm³/mol. The molecule has 5 aromatic rings. The number of nitriles is 2. The van der Waals surface area contributed by atoms with Gasteiger partial charge in [-0.15, -0.1) is 0 Å². The Hall–Kier alpha value is -7.07. The summed E-state index contributed by atoms with van der Waals surface area (Å²) in [6.07, 6.45) is 7.52. The first-order valence-corrected chi connectivity index (χ1v) is 23.7. The smallest absolute Gasteiger partial charge is 0.323 e. The van der Waals surface area contributed by atoms with Gasteiger partial charge < -0.3 is 44.4 Å². The van der Waals surface area contributed by atoms with Crippen LogP contribution in [0.25, 0.3) is 11.1 Å². The zero-order chi connectivity index (χ0) is 49.3. The number of cyclic esters (lactones) is 2. The van der Waals surface area contributed by atoms with Gasteiger partial charge >= 0.3 is 11.9 Å².